The number of carbonyl (C=O) groups is 2. The summed E-state index contributed by atoms with van der Waals surface area (Å²) in [5, 5.41) is 4.49. The van der Waals surface area contributed by atoms with Crippen LogP contribution in [0.4, 0.5) is 4.39 Å². The minimum absolute atomic E-state index is 0.222. The highest BCUT2D eigenvalue weighted by Crippen LogP contribution is 2.28. The summed E-state index contributed by atoms with van der Waals surface area (Å²) in [6.45, 7) is 0.738. The molecule has 21 heavy (non-hydrogen) atoms. The predicted octanol–water partition coefficient (Wildman–Crippen LogP) is 2.20. The second kappa shape index (κ2) is 5.65. The van der Waals surface area contributed by atoms with E-state index < -0.39 is 11.9 Å². The van der Waals surface area contributed by atoms with Crippen molar-refractivity contribution in [2.24, 2.45) is 0 Å². The van der Waals surface area contributed by atoms with Crippen molar-refractivity contribution in [2.75, 3.05) is 13.1 Å². The molecule has 1 aromatic heterocycles. The fraction of sp³-hybridized carbons (Fsp3) is 0.200. The number of rotatable bonds is 2. The van der Waals surface area contributed by atoms with Crippen LogP contribution in [0, 0.1) is 5.82 Å². The Bertz CT molecular complexity index is 672. The van der Waals surface area contributed by atoms with Crippen molar-refractivity contribution in [1.82, 2.24) is 10.2 Å². The second-order valence-electron chi connectivity index (χ2n) is 4.69. The van der Waals surface area contributed by atoms with E-state index in [0.717, 1.165) is 0 Å². The van der Waals surface area contributed by atoms with Crippen LogP contribution < -0.4 is 5.32 Å². The maximum Gasteiger partial charge on any atom is 0.264 e. The van der Waals surface area contributed by atoms with Crippen molar-refractivity contribution >= 4 is 23.2 Å². The molecule has 2 aromatic rings. The summed E-state index contributed by atoms with van der Waals surface area (Å²) >= 11 is 1.31. The van der Waals surface area contributed by atoms with Gasteiger partial charge in [-0.05, 0) is 17.5 Å². The second-order valence-corrected chi connectivity index (χ2v) is 5.64. The van der Waals surface area contributed by atoms with Gasteiger partial charge in [-0.1, -0.05) is 24.3 Å². The Morgan fingerprint density at radius 3 is 2.81 bits per heavy atom. The van der Waals surface area contributed by atoms with Gasteiger partial charge in [0.1, 0.15) is 11.9 Å². The molecule has 4 nitrogen and oxygen atoms in total. The van der Waals surface area contributed by atoms with Gasteiger partial charge in [-0.3, -0.25) is 9.59 Å². The molecule has 6 heteroatoms. The van der Waals surface area contributed by atoms with Gasteiger partial charge in [0, 0.05) is 18.7 Å². The molecule has 2 amide bonds. The summed E-state index contributed by atoms with van der Waals surface area (Å²) in [6, 6.07) is 8.62. The largest absolute Gasteiger partial charge is 0.352 e. The van der Waals surface area contributed by atoms with Crippen molar-refractivity contribution in [2.45, 2.75) is 6.04 Å². The third kappa shape index (κ3) is 2.54. The van der Waals surface area contributed by atoms with Crippen LogP contribution in [0.15, 0.2) is 41.8 Å². The predicted molar refractivity (Wildman–Crippen MR) is 77.5 cm³/mol. The summed E-state index contributed by atoms with van der Waals surface area (Å²) in [7, 11) is 0. The summed E-state index contributed by atoms with van der Waals surface area (Å²) < 4.78 is 14.0. The first-order chi connectivity index (χ1) is 10.2. The lowest BCUT2D eigenvalue weighted by molar-refractivity contribution is -0.128. The number of nitrogens with zero attached hydrogens (tertiary/aromatic N) is 1. The Balaban J connectivity index is 1.99. The average Bonchev–Trinajstić information content (AvgIpc) is 3.01. The normalized spacial score (nSPS) is 18.4. The van der Waals surface area contributed by atoms with E-state index in [1.54, 1.807) is 35.7 Å². The molecule has 108 valence electrons. The lowest BCUT2D eigenvalue weighted by Crippen LogP contribution is -2.52. The van der Waals surface area contributed by atoms with Crippen molar-refractivity contribution in [3.05, 3.63) is 58.0 Å². The minimum Gasteiger partial charge on any atom is -0.352 e. The summed E-state index contributed by atoms with van der Waals surface area (Å²) in [6.07, 6.45) is 0. The smallest absolute Gasteiger partial charge is 0.264 e. The number of halogens is 1. The summed E-state index contributed by atoms with van der Waals surface area (Å²) in [4.78, 5) is 26.7. The van der Waals surface area contributed by atoms with E-state index in [9.17, 15) is 14.0 Å². The molecule has 1 aromatic carbocycles. The van der Waals surface area contributed by atoms with E-state index in [-0.39, 0.29) is 17.4 Å². The number of nitrogens with one attached hydrogen (secondary N) is 1. The van der Waals surface area contributed by atoms with Gasteiger partial charge < -0.3 is 10.2 Å². The first-order valence-corrected chi connectivity index (χ1v) is 7.43. The van der Waals surface area contributed by atoms with Gasteiger partial charge in [-0.2, -0.15) is 0 Å². The molecule has 1 atom stereocenters. The number of amides is 2. The average molecular weight is 304 g/mol. The SMILES string of the molecule is O=C1NCCN(C(=O)c2cccs2)C1c1ccccc1F. The molecule has 1 aliphatic rings. The van der Waals surface area contributed by atoms with Crippen LogP contribution in [0.2, 0.25) is 0 Å². The quantitative estimate of drug-likeness (QED) is 0.924. The first kappa shape index (κ1) is 13.8. The third-order valence-corrected chi connectivity index (χ3v) is 4.26. The Morgan fingerprint density at radius 1 is 1.29 bits per heavy atom. The van der Waals surface area contributed by atoms with E-state index in [4.69, 9.17) is 0 Å². The van der Waals surface area contributed by atoms with Crippen molar-refractivity contribution in [1.29, 1.82) is 0 Å². The molecular formula is C15H13FN2O2S. The lowest BCUT2D eigenvalue weighted by Gasteiger charge is -2.35. The molecule has 0 radical (unpaired) electrons. The molecule has 1 N–H and O–H groups in total. The molecule has 2 heterocycles. The third-order valence-electron chi connectivity index (χ3n) is 3.40. The van der Waals surface area contributed by atoms with Crippen LogP contribution >= 0.6 is 11.3 Å². The van der Waals surface area contributed by atoms with Crippen LogP contribution in [-0.2, 0) is 4.79 Å². The Labute approximate surface area is 125 Å². The van der Waals surface area contributed by atoms with Crippen molar-refractivity contribution in [3.63, 3.8) is 0 Å². The van der Waals surface area contributed by atoms with E-state index in [1.165, 1.54) is 22.3 Å². The fourth-order valence-corrected chi connectivity index (χ4v) is 3.11. The number of piperazine rings is 1. The van der Waals surface area contributed by atoms with E-state index in [2.05, 4.69) is 5.32 Å². The lowest BCUT2D eigenvalue weighted by atomic mass is 10.0. The van der Waals surface area contributed by atoms with E-state index in [1.807, 2.05) is 0 Å². The maximum absolute atomic E-state index is 14.0. The van der Waals surface area contributed by atoms with Gasteiger partial charge in [0.05, 0.1) is 4.88 Å². The molecule has 1 saturated heterocycles. The number of hydrogen-bond acceptors (Lipinski definition) is 3. The number of carbonyl (C=O) groups excluding carboxylic acids is 2. The van der Waals surface area contributed by atoms with Gasteiger partial charge >= 0.3 is 0 Å². The fourth-order valence-electron chi connectivity index (χ4n) is 2.43. The molecule has 3 rings (SSSR count). The number of benzene rings is 1. The van der Waals surface area contributed by atoms with Gasteiger partial charge in [-0.15, -0.1) is 11.3 Å². The van der Waals surface area contributed by atoms with E-state index in [0.29, 0.717) is 18.0 Å². The van der Waals surface area contributed by atoms with Gasteiger partial charge in [0.25, 0.3) is 5.91 Å². The highest BCUT2D eigenvalue weighted by atomic mass is 32.1. The molecule has 1 aliphatic heterocycles. The van der Waals surface area contributed by atoms with Gasteiger partial charge in [0.2, 0.25) is 5.91 Å². The summed E-state index contributed by atoms with van der Waals surface area (Å²) in [5.74, 6) is -1.08. The highest BCUT2D eigenvalue weighted by Gasteiger charge is 2.36. The van der Waals surface area contributed by atoms with Crippen molar-refractivity contribution in [3.8, 4) is 0 Å². The van der Waals surface area contributed by atoms with Crippen LogP contribution in [0.1, 0.15) is 21.3 Å². The van der Waals surface area contributed by atoms with Crippen LogP contribution in [-0.4, -0.2) is 29.8 Å². The van der Waals surface area contributed by atoms with Crippen molar-refractivity contribution < 1.29 is 14.0 Å². The Morgan fingerprint density at radius 2 is 2.10 bits per heavy atom. The van der Waals surface area contributed by atoms with Gasteiger partial charge in [0.15, 0.2) is 0 Å². The number of thiophene rings is 1. The molecule has 0 saturated carbocycles. The zero-order chi connectivity index (χ0) is 14.8. The zero-order valence-electron chi connectivity index (χ0n) is 11.1. The summed E-state index contributed by atoms with van der Waals surface area (Å²) in [5.41, 5.74) is 0.222. The highest BCUT2D eigenvalue weighted by molar-refractivity contribution is 7.12. The van der Waals surface area contributed by atoms with E-state index >= 15 is 0 Å². The first-order valence-electron chi connectivity index (χ1n) is 6.55. The van der Waals surface area contributed by atoms with Crippen LogP contribution in [0.25, 0.3) is 0 Å². The van der Waals surface area contributed by atoms with Gasteiger partial charge in [-0.25, -0.2) is 4.39 Å². The topological polar surface area (TPSA) is 49.4 Å². The van der Waals surface area contributed by atoms with Crippen LogP contribution in [0.3, 0.4) is 0 Å². The standard InChI is InChI=1S/C15H13FN2O2S/c16-11-5-2-1-4-10(11)13-14(19)17-7-8-18(13)15(20)12-6-3-9-21-12/h1-6,9,13H,7-8H2,(H,17,19). The Kier molecular flexibility index (Phi) is 3.70. The minimum atomic E-state index is -0.922. The van der Waals surface area contributed by atoms with Crippen LogP contribution in [0.5, 0.6) is 0 Å². The molecule has 0 bridgehead atoms. The molecule has 1 unspecified atom stereocenters. The molecule has 0 aliphatic carbocycles. The maximum atomic E-state index is 14.0. The molecule has 0 spiro atoms. The number of hydrogen-bond donors (Lipinski definition) is 1. The monoisotopic (exact) mass is 304 g/mol. The zero-order valence-corrected chi connectivity index (χ0v) is 11.9. The molecular weight excluding hydrogens is 291 g/mol. The Hall–Kier alpha value is -2.21. The molecule has 1 fully saturated rings.